The van der Waals surface area contributed by atoms with Gasteiger partial charge in [-0.05, 0) is 30.2 Å². The molecule has 0 aliphatic carbocycles. The van der Waals surface area contributed by atoms with Crippen LogP contribution in [0.3, 0.4) is 0 Å². The van der Waals surface area contributed by atoms with Crippen molar-refractivity contribution in [1.82, 2.24) is 5.32 Å². The molecule has 2 rings (SSSR count). The molecule has 120 valence electrons. The summed E-state index contributed by atoms with van der Waals surface area (Å²) >= 11 is 0. The van der Waals surface area contributed by atoms with E-state index in [1.807, 2.05) is 31.2 Å². The Morgan fingerprint density at radius 2 is 1.95 bits per heavy atom. The van der Waals surface area contributed by atoms with Gasteiger partial charge in [0.1, 0.15) is 5.75 Å². The van der Waals surface area contributed by atoms with Crippen molar-refractivity contribution >= 4 is 10.8 Å². The second kappa shape index (κ2) is 7.03. The number of halogens is 2. The summed E-state index contributed by atoms with van der Waals surface area (Å²) < 4.78 is 29.8. The van der Waals surface area contributed by atoms with Crippen molar-refractivity contribution in [2.75, 3.05) is 6.54 Å². The van der Waals surface area contributed by atoms with Crippen molar-refractivity contribution < 1.29 is 18.6 Å². The molecular formula is C17H21F2NO2. The zero-order valence-corrected chi connectivity index (χ0v) is 12.8. The number of nitrogens with one attached hydrogen (secondary N) is 1. The molecule has 0 bridgehead atoms. The van der Waals surface area contributed by atoms with Gasteiger partial charge in [0.25, 0.3) is 0 Å². The van der Waals surface area contributed by atoms with Crippen LogP contribution in [0.1, 0.15) is 25.8 Å². The van der Waals surface area contributed by atoms with Gasteiger partial charge in [-0.3, -0.25) is 0 Å². The first-order valence-electron chi connectivity index (χ1n) is 7.31. The summed E-state index contributed by atoms with van der Waals surface area (Å²) in [6.45, 7) is 1.49. The van der Waals surface area contributed by atoms with Crippen LogP contribution in [0.5, 0.6) is 5.75 Å². The van der Waals surface area contributed by atoms with Gasteiger partial charge in [-0.25, -0.2) is 0 Å². The lowest BCUT2D eigenvalue weighted by molar-refractivity contribution is -0.0504. The van der Waals surface area contributed by atoms with Crippen LogP contribution >= 0.6 is 0 Å². The maximum Gasteiger partial charge on any atom is 0.387 e. The molecule has 0 radical (unpaired) electrons. The van der Waals surface area contributed by atoms with Gasteiger partial charge in [0.05, 0.1) is 5.60 Å². The highest BCUT2D eigenvalue weighted by Gasteiger charge is 2.18. The lowest BCUT2D eigenvalue weighted by atomic mass is 10.0. The molecule has 0 saturated heterocycles. The minimum atomic E-state index is -2.86. The van der Waals surface area contributed by atoms with Crippen LogP contribution in [0.15, 0.2) is 36.4 Å². The molecule has 0 spiro atoms. The number of hydrogen-bond acceptors (Lipinski definition) is 3. The molecule has 0 aliphatic heterocycles. The van der Waals surface area contributed by atoms with Crippen molar-refractivity contribution in [1.29, 1.82) is 0 Å². The molecule has 2 N–H and O–H groups in total. The summed E-state index contributed by atoms with van der Waals surface area (Å²) in [5.74, 6) is 0.164. The van der Waals surface area contributed by atoms with Crippen LogP contribution in [-0.4, -0.2) is 23.9 Å². The van der Waals surface area contributed by atoms with Gasteiger partial charge in [-0.15, -0.1) is 0 Å². The maximum atomic E-state index is 12.6. The fourth-order valence-electron chi connectivity index (χ4n) is 2.29. The molecule has 2 aromatic rings. The van der Waals surface area contributed by atoms with E-state index < -0.39 is 12.2 Å². The highest BCUT2D eigenvalue weighted by atomic mass is 19.3. The standard InChI is InChI=1S/C17H21F2NO2/c1-3-17(2,21)11-20-10-14-13-7-5-4-6-12(13)8-9-15(14)22-16(18)19/h4-9,16,20-21H,3,10-11H2,1-2H3. The van der Waals surface area contributed by atoms with E-state index in [2.05, 4.69) is 10.1 Å². The molecule has 0 heterocycles. The number of alkyl halides is 2. The second-order valence-corrected chi connectivity index (χ2v) is 5.60. The van der Waals surface area contributed by atoms with Crippen LogP contribution < -0.4 is 10.1 Å². The van der Waals surface area contributed by atoms with Crippen LogP contribution in [0.25, 0.3) is 10.8 Å². The third-order valence-electron chi connectivity index (χ3n) is 3.78. The fraction of sp³-hybridized carbons (Fsp3) is 0.412. The van der Waals surface area contributed by atoms with Crippen molar-refractivity contribution in [3.8, 4) is 5.75 Å². The summed E-state index contributed by atoms with van der Waals surface area (Å²) in [5, 5.41) is 15.0. The number of fused-ring (bicyclic) bond motifs is 1. The van der Waals surface area contributed by atoms with Gasteiger partial charge >= 0.3 is 6.61 Å². The Hall–Kier alpha value is -1.72. The average Bonchev–Trinajstić information content (AvgIpc) is 2.48. The molecule has 0 amide bonds. The monoisotopic (exact) mass is 309 g/mol. The topological polar surface area (TPSA) is 41.5 Å². The minimum absolute atomic E-state index is 0.164. The number of rotatable bonds is 7. The maximum absolute atomic E-state index is 12.6. The molecule has 22 heavy (non-hydrogen) atoms. The Balaban J connectivity index is 2.27. The van der Waals surface area contributed by atoms with Crippen LogP contribution in [0.2, 0.25) is 0 Å². The summed E-state index contributed by atoms with van der Waals surface area (Å²) in [7, 11) is 0. The normalized spacial score (nSPS) is 14.3. The van der Waals surface area contributed by atoms with Gasteiger partial charge < -0.3 is 15.2 Å². The predicted octanol–water partition coefficient (Wildman–Crippen LogP) is 3.69. The first-order valence-corrected chi connectivity index (χ1v) is 7.31. The third-order valence-corrected chi connectivity index (χ3v) is 3.78. The van der Waals surface area contributed by atoms with Gasteiger partial charge in [0.2, 0.25) is 0 Å². The number of ether oxygens (including phenoxy) is 1. The molecule has 3 nitrogen and oxygen atoms in total. The van der Waals surface area contributed by atoms with E-state index in [4.69, 9.17) is 0 Å². The third kappa shape index (κ3) is 4.15. The van der Waals surface area contributed by atoms with Gasteiger partial charge in [-0.1, -0.05) is 37.3 Å². The quantitative estimate of drug-likeness (QED) is 0.819. The molecule has 0 fully saturated rings. The number of hydrogen-bond donors (Lipinski definition) is 2. The SMILES string of the molecule is CCC(C)(O)CNCc1c(OC(F)F)ccc2ccccc12. The number of benzene rings is 2. The number of aliphatic hydroxyl groups is 1. The van der Waals surface area contributed by atoms with Crippen LogP contribution in [0, 0.1) is 0 Å². The zero-order valence-electron chi connectivity index (χ0n) is 12.8. The van der Waals surface area contributed by atoms with Gasteiger partial charge in [-0.2, -0.15) is 8.78 Å². The highest BCUT2D eigenvalue weighted by molar-refractivity contribution is 5.87. The molecule has 1 atom stereocenters. The Morgan fingerprint density at radius 1 is 1.23 bits per heavy atom. The Bertz CT molecular complexity index is 629. The Morgan fingerprint density at radius 3 is 2.64 bits per heavy atom. The molecule has 2 aromatic carbocycles. The molecule has 1 unspecified atom stereocenters. The minimum Gasteiger partial charge on any atom is -0.434 e. The predicted molar refractivity (Wildman–Crippen MR) is 83.2 cm³/mol. The van der Waals surface area contributed by atoms with E-state index in [9.17, 15) is 13.9 Å². The molecular weight excluding hydrogens is 288 g/mol. The van der Waals surface area contributed by atoms with Crippen molar-refractivity contribution in [3.05, 3.63) is 42.0 Å². The Labute approximate surface area is 128 Å². The van der Waals surface area contributed by atoms with E-state index >= 15 is 0 Å². The summed E-state index contributed by atoms with van der Waals surface area (Å²) in [5.41, 5.74) is -0.154. The van der Waals surface area contributed by atoms with E-state index in [-0.39, 0.29) is 5.75 Å². The van der Waals surface area contributed by atoms with Crippen LogP contribution in [-0.2, 0) is 6.54 Å². The van der Waals surface area contributed by atoms with Crippen molar-refractivity contribution in [2.45, 2.75) is 39.0 Å². The van der Waals surface area contributed by atoms with E-state index in [0.717, 1.165) is 10.8 Å². The average molecular weight is 309 g/mol. The van der Waals surface area contributed by atoms with Gasteiger partial charge in [0, 0.05) is 18.7 Å². The Kier molecular flexibility index (Phi) is 5.32. The smallest absolute Gasteiger partial charge is 0.387 e. The van der Waals surface area contributed by atoms with Crippen LogP contribution in [0.4, 0.5) is 8.78 Å². The molecule has 0 aliphatic rings. The van der Waals surface area contributed by atoms with E-state index in [1.54, 1.807) is 19.1 Å². The second-order valence-electron chi connectivity index (χ2n) is 5.60. The summed E-state index contributed by atoms with van der Waals surface area (Å²) in [6.07, 6.45) is 0.607. The first-order chi connectivity index (χ1) is 10.4. The van der Waals surface area contributed by atoms with E-state index in [0.29, 0.717) is 25.1 Å². The van der Waals surface area contributed by atoms with Crippen molar-refractivity contribution in [2.24, 2.45) is 0 Å². The zero-order chi connectivity index (χ0) is 16.2. The lowest BCUT2D eigenvalue weighted by Gasteiger charge is -2.22. The first kappa shape index (κ1) is 16.6. The molecule has 0 aromatic heterocycles. The highest BCUT2D eigenvalue weighted by Crippen LogP contribution is 2.29. The summed E-state index contributed by atoms with van der Waals surface area (Å²) in [6, 6.07) is 10.9. The van der Waals surface area contributed by atoms with Gasteiger partial charge in [0.15, 0.2) is 0 Å². The molecule has 0 saturated carbocycles. The summed E-state index contributed by atoms with van der Waals surface area (Å²) in [4.78, 5) is 0. The molecule has 5 heteroatoms. The van der Waals surface area contributed by atoms with Crippen molar-refractivity contribution in [3.63, 3.8) is 0 Å². The fourth-order valence-corrected chi connectivity index (χ4v) is 2.29. The largest absolute Gasteiger partial charge is 0.434 e. The lowest BCUT2D eigenvalue weighted by Crippen LogP contribution is -2.36. The van der Waals surface area contributed by atoms with E-state index in [1.165, 1.54) is 0 Å².